The molecule has 0 aliphatic carbocycles. The Morgan fingerprint density at radius 3 is 2.33 bits per heavy atom. The van der Waals surface area contributed by atoms with Gasteiger partial charge in [0, 0.05) is 10.5 Å². The molecule has 1 aromatic carbocycles. The third-order valence-corrected chi connectivity index (χ3v) is 5.09. The number of hydrogen-bond donors (Lipinski definition) is 1. The van der Waals surface area contributed by atoms with Crippen molar-refractivity contribution in [3.8, 4) is 0 Å². The Morgan fingerprint density at radius 1 is 1.00 bits per heavy atom. The number of hydrogen-bond acceptors (Lipinski definition) is 1. The molecule has 0 spiro atoms. The summed E-state index contributed by atoms with van der Waals surface area (Å²) in [4.78, 5) is 0. The summed E-state index contributed by atoms with van der Waals surface area (Å²) in [6.45, 7) is 7.73. The first-order chi connectivity index (χ1) is 10.2. The molecule has 1 aromatic rings. The topological polar surface area (TPSA) is 12.0 Å². The van der Waals surface area contributed by atoms with E-state index in [4.69, 9.17) is 0 Å². The maximum Gasteiger partial charge on any atom is 0.0323 e. The maximum absolute atomic E-state index is 3.66. The lowest BCUT2D eigenvalue weighted by molar-refractivity contribution is 0.474. The van der Waals surface area contributed by atoms with Gasteiger partial charge in [-0.25, -0.2) is 0 Å². The van der Waals surface area contributed by atoms with Crippen LogP contribution in [0.25, 0.3) is 0 Å². The van der Waals surface area contributed by atoms with Crippen LogP contribution >= 0.6 is 15.9 Å². The van der Waals surface area contributed by atoms with Gasteiger partial charge < -0.3 is 5.32 Å². The molecule has 0 aromatic heterocycles. The van der Waals surface area contributed by atoms with E-state index < -0.39 is 0 Å². The highest BCUT2D eigenvalue weighted by Gasteiger charge is 2.13. The van der Waals surface area contributed by atoms with Crippen molar-refractivity contribution in [3.05, 3.63) is 33.8 Å². The van der Waals surface area contributed by atoms with Crippen molar-refractivity contribution in [3.63, 3.8) is 0 Å². The number of benzene rings is 1. The van der Waals surface area contributed by atoms with E-state index in [9.17, 15) is 0 Å². The molecule has 1 atom stereocenters. The second-order valence-corrected chi connectivity index (χ2v) is 6.83. The lowest BCUT2D eigenvalue weighted by atomic mass is 9.96. The Kier molecular flexibility index (Phi) is 10.0. The smallest absolute Gasteiger partial charge is 0.0323 e. The molecule has 1 N–H and O–H groups in total. The Bertz CT molecular complexity index is 389. The van der Waals surface area contributed by atoms with Gasteiger partial charge in [0.1, 0.15) is 0 Å². The van der Waals surface area contributed by atoms with Crippen molar-refractivity contribution in [1.82, 2.24) is 5.32 Å². The Morgan fingerprint density at radius 2 is 1.67 bits per heavy atom. The van der Waals surface area contributed by atoms with Gasteiger partial charge in [-0.3, -0.25) is 0 Å². The van der Waals surface area contributed by atoms with Crippen LogP contribution in [0.5, 0.6) is 0 Å². The highest BCUT2D eigenvalue weighted by molar-refractivity contribution is 9.10. The molecule has 0 heterocycles. The highest BCUT2D eigenvalue weighted by atomic mass is 79.9. The van der Waals surface area contributed by atoms with Crippen LogP contribution in [-0.4, -0.2) is 6.54 Å². The van der Waals surface area contributed by atoms with Crippen LogP contribution in [0.2, 0.25) is 0 Å². The minimum Gasteiger partial charge on any atom is -0.310 e. The van der Waals surface area contributed by atoms with E-state index in [0.29, 0.717) is 6.04 Å². The summed E-state index contributed by atoms with van der Waals surface area (Å²) in [7, 11) is 0. The van der Waals surface area contributed by atoms with Gasteiger partial charge >= 0.3 is 0 Å². The summed E-state index contributed by atoms with van der Waals surface area (Å²) in [6.07, 6.45) is 10.9. The fraction of sp³-hybridized carbons (Fsp3) is 0.684. The summed E-state index contributed by atoms with van der Waals surface area (Å²) >= 11 is 3.65. The van der Waals surface area contributed by atoms with E-state index in [1.807, 2.05) is 0 Å². The second kappa shape index (κ2) is 11.3. The highest BCUT2D eigenvalue weighted by Crippen LogP contribution is 2.28. The Balaban J connectivity index is 2.41. The molecular formula is C19H32BrN. The Hall–Kier alpha value is -0.340. The van der Waals surface area contributed by atoms with Crippen molar-refractivity contribution < 1.29 is 0 Å². The van der Waals surface area contributed by atoms with E-state index in [-0.39, 0.29) is 0 Å². The van der Waals surface area contributed by atoms with E-state index in [2.05, 4.69) is 60.2 Å². The van der Waals surface area contributed by atoms with Crippen molar-refractivity contribution >= 4 is 15.9 Å². The van der Waals surface area contributed by atoms with E-state index in [0.717, 1.165) is 6.54 Å². The number of rotatable bonds is 11. The molecule has 1 rings (SSSR count). The quantitative estimate of drug-likeness (QED) is 0.444. The fourth-order valence-corrected chi connectivity index (χ4v) is 3.30. The lowest BCUT2D eigenvalue weighted by Crippen LogP contribution is -2.21. The van der Waals surface area contributed by atoms with Gasteiger partial charge in [0.05, 0.1) is 0 Å². The molecule has 1 nitrogen and oxygen atoms in total. The zero-order valence-electron chi connectivity index (χ0n) is 14.1. The molecule has 0 amide bonds. The van der Waals surface area contributed by atoms with Gasteiger partial charge in [0.15, 0.2) is 0 Å². The monoisotopic (exact) mass is 353 g/mol. The average Bonchev–Trinajstić information content (AvgIpc) is 2.48. The zero-order chi connectivity index (χ0) is 15.5. The van der Waals surface area contributed by atoms with Crippen LogP contribution in [0, 0.1) is 6.92 Å². The molecule has 0 aliphatic heterocycles. The normalized spacial score (nSPS) is 12.6. The molecule has 21 heavy (non-hydrogen) atoms. The molecule has 2 heteroatoms. The maximum atomic E-state index is 3.66. The van der Waals surface area contributed by atoms with Gasteiger partial charge in [0.25, 0.3) is 0 Å². The number of halogens is 1. The first-order valence-corrected chi connectivity index (χ1v) is 9.48. The van der Waals surface area contributed by atoms with E-state index in [1.165, 1.54) is 67.0 Å². The van der Waals surface area contributed by atoms with Crippen LogP contribution in [0.4, 0.5) is 0 Å². The van der Waals surface area contributed by atoms with Gasteiger partial charge in [-0.2, -0.15) is 0 Å². The zero-order valence-corrected chi connectivity index (χ0v) is 15.6. The second-order valence-electron chi connectivity index (χ2n) is 5.97. The summed E-state index contributed by atoms with van der Waals surface area (Å²) in [5.74, 6) is 0. The SMILES string of the molecule is CCCCCCCCCC(NCC)c1cccc(Br)c1C. The number of unbranched alkanes of at least 4 members (excludes halogenated alkanes) is 6. The van der Waals surface area contributed by atoms with Gasteiger partial charge in [0.2, 0.25) is 0 Å². The predicted molar refractivity (Wildman–Crippen MR) is 97.9 cm³/mol. The predicted octanol–water partition coefficient (Wildman–Crippen LogP) is 6.55. The standard InChI is InChI=1S/C19H32BrN/c1-4-6-7-8-9-10-11-15-19(21-5-2)17-13-12-14-18(20)16(17)3/h12-14,19,21H,4-11,15H2,1-3H3. The third kappa shape index (κ3) is 6.97. The molecule has 0 radical (unpaired) electrons. The Labute approximate surface area is 140 Å². The lowest BCUT2D eigenvalue weighted by Gasteiger charge is -2.21. The van der Waals surface area contributed by atoms with E-state index in [1.54, 1.807) is 0 Å². The first kappa shape index (κ1) is 18.7. The largest absolute Gasteiger partial charge is 0.310 e. The van der Waals surface area contributed by atoms with Crippen LogP contribution in [0.3, 0.4) is 0 Å². The van der Waals surface area contributed by atoms with Gasteiger partial charge in [-0.1, -0.05) is 86.9 Å². The van der Waals surface area contributed by atoms with Crippen LogP contribution in [-0.2, 0) is 0 Å². The molecule has 0 fully saturated rings. The third-order valence-electron chi connectivity index (χ3n) is 4.23. The number of nitrogens with one attached hydrogen (secondary N) is 1. The van der Waals surface area contributed by atoms with Crippen molar-refractivity contribution in [2.24, 2.45) is 0 Å². The minimum absolute atomic E-state index is 0.503. The van der Waals surface area contributed by atoms with E-state index >= 15 is 0 Å². The van der Waals surface area contributed by atoms with Gasteiger partial charge in [-0.15, -0.1) is 0 Å². The van der Waals surface area contributed by atoms with Crippen LogP contribution in [0.1, 0.15) is 82.4 Å². The molecular weight excluding hydrogens is 322 g/mol. The summed E-state index contributed by atoms with van der Waals surface area (Å²) in [5.41, 5.74) is 2.84. The minimum atomic E-state index is 0.503. The first-order valence-electron chi connectivity index (χ1n) is 8.69. The average molecular weight is 354 g/mol. The summed E-state index contributed by atoms with van der Waals surface area (Å²) < 4.78 is 1.22. The molecule has 120 valence electrons. The van der Waals surface area contributed by atoms with Crippen molar-refractivity contribution in [1.29, 1.82) is 0 Å². The van der Waals surface area contributed by atoms with Crippen molar-refractivity contribution in [2.45, 2.75) is 78.2 Å². The molecule has 0 saturated heterocycles. The summed E-state index contributed by atoms with van der Waals surface area (Å²) in [5, 5.41) is 3.66. The molecule has 0 aliphatic rings. The van der Waals surface area contributed by atoms with Crippen LogP contribution in [0.15, 0.2) is 22.7 Å². The molecule has 0 saturated carbocycles. The summed E-state index contributed by atoms with van der Waals surface area (Å²) in [6, 6.07) is 7.06. The van der Waals surface area contributed by atoms with Crippen molar-refractivity contribution in [2.75, 3.05) is 6.54 Å². The van der Waals surface area contributed by atoms with Gasteiger partial charge in [-0.05, 0) is 37.1 Å². The fourth-order valence-electron chi connectivity index (χ4n) is 2.92. The van der Waals surface area contributed by atoms with Crippen LogP contribution < -0.4 is 5.32 Å². The molecule has 0 bridgehead atoms. The molecule has 1 unspecified atom stereocenters.